The number of hydrogen-bond acceptors (Lipinski definition) is 4. The van der Waals surface area contributed by atoms with Gasteiger partial charge >= 0.3 is 0 Å². The van der Waals surface area contributed by atoms with Crippen LogP contribution in [-0.2, 0) is 17.6 Å². The van der Waals surface area contributed by atoms with Crippen LogP contribution in [0.2, 0.25) is 5.02 Å². The van der Waals surface area contributed by atoms with E-state index in [0.29, 0.717) is 55.5 Å². The van der Waals surface area contributed by atoms with Gasteiger partial charge in [-0.1, -0.05) is 23.7 Å². The fraction of sp³-hybridized carbons (Fsp3) is 0.300. The maximum atomic E-state index is 12.1. The monoisotopic (exact) mass is 385 g/mol. The zero-order valence-corrected chi connectivity index (χ0v) is 15.5. The molecule has 0 atom stereocenters. The summed E-state index contributed by atoms with van der Waals surface area (Å²) in [6, 6.07) is 11.6. The van der Waals surface area contributed by atoms with Gasteiger partial charge in [0.05, 0.1) is 16.1 Å². The van der Waals surface area contributed by atoms with Gasteiger partial charge in [0.2, 0.25) is 5.91 Å². The molecule has 2 aromatic carbocycles. The lowest BCUT2D eigenvalue weighted by molar-refractivity contribution is -0.121. The molecule has 7 heteroatoms. The van der Waals surface area contributed by atoms with Gasteiger partial charge in [-0.2, -0.15) is 0 Å². The van der Waals surface area contributed by atoms with E-state index in [1.807, 2.05) is 36.4 Å². The summed E-state index contributed by atoms with van der Waals surface area (Å²) in [5.74, 6) is 2.09. The number of ether oxygens (including phenoxy) is 2. The molecule has 0 unspecified atom stereocenters. The summed E-state index contributed by atoms with van der Waals surface area (Å²) in [7, 11) is 0. The molecule has 1 amide bonds. The number of nitrogens with one attached hydrogen (secondary N) is 2. The van der Waals surface area contributed by atoms with E-state index in [9.17, 15) is 4.79 Å². The van der Waals surface area contributed by atoms with Crippen LogP contribution in [0.5, 0.6) is 11.5 Å². The summed E-state index contributed by atoms with van der Waals surface area (Å²) in [5.41, 5.74) is 2.91. The molecule has 27 heavy (non-hydrogen) atoms. The second kappa shape index (κ2) is 7.88. The third-order valence-electron chi connectivity index (χ3n) is 4.42. The molecule has 2 heterocycles. The van der Waals surface area contributed by atoms with Crippen LogP contribution in [0, 0.1) is 0 Å². The van der Waals surface area contributed by atoms with E-state index in [0.717, 1.165) is 22.4 Å². The average Bonchev–Trinajstić information content (AvgIpc) is 3.09. The number of para-hydroxylation sites is 2. The SMILES string of the molecule is O=C(CCc1nc2ccccc2[nH]1)NCCc1cc(Cl)c2c(c1)OCCO2. The number of imidazole rings is 1. The maximum Gasteiger partial charge on any atom is 0.220 e. The van der Waals surface area contributed by atoms with Crippen molar-refractivity contribution >= 4 is 28.5 Å². The Morgan fingerprint density at radius 3 is 2.93 bits per heavy atom. The van der Waals surface area contributed by atoms with Gasteiger partial charge in [-0.25, -0.2) is 4.98 Å². The third-order valence-corrected chi connectivity index (χ3v) is 4.70. The van der Waals surface area contributed by atoms with Crippen molar-refractivity contribution in [3.8, 4) is 11.5 Å². The van der Waals surface area contributed by atoms with Crippen LogP contribution >= 0.6 is 11.6 Å². The highest BCUT2D eigenvalue weighted by Crippen LogP contribution is 2.38. The molecule has 1 aliphatic rings. The molecule has 4 rings (SSSR count). The van der Waals surface area contributed by atoms with Gasteiger partial charge in [-0.3, -0.25) is 4.79 Å². The van der Waals surface area contributed by atoms with E-state index in [1.165, 1.54) is 0 Å². The minimum absolute atomic E-state index is 0.000837. The van der Waals surface area contributed by atoms with Crippen LogP contribution in [0.3, 0.4) is 0 Å². The Morgan fingerprint density at radius 2 is 2.04 bits per heavy atom. The van der Waals surface area contributed by atoms with Crippen molar-refractivity contribution in [3.63, 3.8) is 0 Å². The molecule has 0 saturated heterocycles. The highest BCUT2D eigenvalue weighted by atomic mass is 35.5. The number of carbonyl (C=O) groups is 1. The number of aromatic nitrogens is 2. The van der Waals surface area contributed by atoms with Gasteiger partial charge in [-0.15, -0.1) is 0 Å². The first kappa shape index (κ1) is 17.7. The summed E-state index contributed by atoms with van der Waals surface area (Å²) >= 11 is 6.24. The summed E-state index contributed by atoms with van der Waals surface area (Å²) < 4.78 is 11.1. The number of H-pyrrole nitrogens is 1. The predicted octanol–water partition coefficient (Wildman–Crippen LogP) is 3.28. The van der Waals surface area contributed by atoms with Crippen molar-refractivity contribution < 1.29 is 14.3 Å². The molecule has 0 aliphatic carbocycles. The Labute approximate surface area is 161 Å². The van der Waals surface area contributed by atoms with Gasteiger partial charge in [0, 0.05) is 19.4 Å². The lowest BCUT2D eigenvalue weighted by Gasteiger charge is -2.20. The fourth-order valence-corrected chi connectivity index (χ4v) is 3.39. The Bertz CT molecular complexity index is 937. The second-order valence-electron chi connectivity index (χ2n) is 6.40. The number of carbonyl (C=O) groups excluding carboxylic acids is 1. The van der Waals surface area contributed by atoms with Crippen LogP contribution in [0.4, 0.5) is 0 Å². The van der Waals surface area contributed by atoms with E-state index in [2.05, 4.69) is 15.3 Å². The number of fused-ring (bicyclic) bond motifs is 2. The van der Waals surface area contributed by atoms with E-state index in [1.54, 1.807) is 0 Å². The molecule has 0 spiro atoms. The highest BCUT2D eigenvalue weighted by Gasteiger charge is 2.16. The Balaban J connectivity index is 1.26. The molecule has 2 N–H and O–H groups in total. The first-order chi connectivity index (χ1) is 13.2. The largest absolute Gasteiger partial charge is 0.486 e. The first-order valence-corrected chi connectivity index (χ1v) is 9.35. The molecule has 1 aromatic heterocycles. The molecule has 6 nitrogen and oxygen atoms in total. The molecule has 140 valence electrons. The van der Waals surface area contributed by atoms with Crippen LogP contribution in [-0.4, -0.2) is 35.6 Å². The van der Waals surface area contributed by atoms with E-state index in [4.69, 9.17) is 21.1 Å². The Morgan fingerprint density at radius 1 is 1.19 bits per heavy atom. The van der Waals surface area contributed by atoms with Gasteiger partial charge in [0.25, 0.3) is 0 Å². The van der Waals surface area contributed by atoms with E-state index >= 15 is 0 Å². The number of aromatic amines is 1. The standard InChI is InChI=1S/C20H20ClN3O3/c21-14-11-13(12-17-20(14)27-10-9-26-17)7-8-22-19(25)6-5-18-23-15-3-1-2-4-16(15)24-18/h1-4,11-12H,5-10H2,(H,22,25)(H,23,24). The van der Waals surface area contributed by atoms with Gasteiger partial charge in [-0.05, 0) is 36.2 Å². The molecule has 0 fully saturated rings. The van der Waals surface area contributed by atoms with Crippen LogP contribution in [0.25, 0.3) is 11.0 Å². The minimum atomic E-state index is -0.000837. The number of halogens is 1. The normalized spacial score (nSPS) is 12.9. The van der Waals surface area contributed by atoms with Crippen LogP contribution in [0.15, 0.2) is 36.4 Å². The number of benzene rings is 2. The number of amides is 1. The Hall–Kier alpha value is -2.73. The summed E-state index contributed by atoms with van der Waals surface area (Å²) in [5, 5.41) is 3.48. The number of nitrogens with zero attached hydrogens (tertiary/aromatic N) is 1. The van der Waals surface area contributed by atoms with Gasteiger partial charge in [0.1, 0.15) is 19.0 Å². The van der Waals surface area contributed by atoms with Crippen LogP contribution < -0.4 is 14.8 Å². The third kappa shape index (κ3) is 4.17. The number of hydrogen-bond donors (Lipinski definition) is 2. The average molecular weight is 386 g/mol. The topological polar surface area (TPSA) is 76.2 Å². The first-order valence-electron chi connectivity index (χ1n) is 8.97. The van der Waals surface area contributed by atoms with Crippen LogP contribution in [0.1, 0.15) is 17.8 Å². The zero-order valence-electron chi connectivity index (χ0n) is 14.8. The lowest BCUT2D eigenvalue weighted by atomic mass is 10.1. The van der Waals surface area contributed by atoms with Crippen molar-refractivity contribution in [1.82, 2.24) is 15.3 Å². The van der Waals surface area contributed by atoms with Gasteiger partial charge in [0.15, 0.2) is 11.5 Å². The molecular weight excluding hydrogens is 366 g/mol. The summed E-state index contributed by atoms with van der Waals surface area (Å²) in [6.07, 6.45) is 1.64. The van der Waals surface area contributed by atoms with Gasteiger partial charge < -0.3 is 19.8 Å². The smallest absolute Gasteiger partial charge is 0.220 e. The summed E-state index contributed by atoms with van der Waals surface area (Å²) in [4.78, 5) is 19.8. The maximum absolute atomic E-state index is 12.1. The minimum Gasteiger partial charge on any atom is -0.486 e. The van der Waals surface area contributed by atoms with E-state index < -0.39 is 0 Å². The van der Waals surface area contributed by atoms with Crippen molar-refractivity contribution in [2.75, 3.05) is 19.8 Å². The quantitative estimate of drug-likeness (QED) is 0.682. The molecule has 0 radical (unpaired) electrons. The lowest BCUT2D eigenvalue weighted by Crippen LogP contribution is -2.26. The summed E-state index contributed by atoms with van der Waals surface area (Å²) in [6.45, 7) is 1.56. The molecule has 1 aliphatic heterocycles. The molecule has 3 aromatic rings. The van der Waals surface area contributed by atoms with Crippen molar-refractivity contribution in [2.24, 2.45) is 0 Å². The van der Waals surface area contributed by atoms with Crippen molar-refractivity contribution in [3.05, 3.63) is 52.8 Å². The van der Waals surface area contributed by atoms with E-state index in [-0.39, 0.29) is 5.91 Å². The predicted molar refractivity (Wildman–Crippen MR) is 104 cm³/mol. The molecular formula is C20H20ClN3O3. The number of rotatable bonds is 6. The van der Waals surface area contributed by atoms with Crippen molar-refractivity contribution in [2.45, 2.75) is 19.3 Å². The fourth-order valence-electron chi connectivity index (χ4n) is 3.10. The highest BCUT2D eigenvalue weighted by molar-refractivity contribution is 6.32. The van der Waals surface area contributed by atoms with Crippen molar-refractivity contribution in [1.29, 1.82) is 0 Å². The second-order valence-corrected chi connectivity index (χ2v) is 6.81. The zero-order chi connectivity index (χ0) is 18.6. The number of aryl methyl sites for hydroxylation is 1. The molecule has 0 bridgehead atoms. The molecule has 0 saturated carbocycles. The Kier molecular flexibility index (Phi) is 5.16.